The molecule has 0 radical (unpaired) electrons. The molecule has 126 valence electrons. The fraction of sp³-hybridized carbons (Fsp3) is 0.118. The van der Waals surface area contributed by atoms with Gasteiger partial charge in [-0.1, -0.05) is 18.2 Å². The highest BCUT2D eigenvalue weighted by Crippen LogP contribution is 2.16. The van der Waals surface area contributed by atoms with Gasteiger partial charge in [-0.05, 0) is 37.3 Å². The van der Waals surface area contributed by atoms with Crippen LogP contribution in [0.4, 0.5) is 11.4 Å². The van der Waals surface area contributed by atoms with Crippen LogP contribution in [-0.2, 0) is 9.59 Å². The minimum atomic E-state index is -1.25. The topological polar surface area (TPSA) is 120 Å². The lowest BCUT2D eigenvalue weighted by Crippen LogP contribution is -2.31. The van der Waals surface area contributed by atoms with Crippen molar-refractivity contribution >= 4 is 34.1 Å². The minimum Gasteiger partial charge on any atom is -0.324 e. The normalized spacial score (nSPS) is 12.4. The summed E-state index contributed by atoms with van der Waals surface area (Å²) in [6.07, 6.45) is 0. The number of anilines is 1. The number of imidazole rings is 1. The van der Waals surface area contributed by atoms with E-state index >= 15 is 0 Å². The zero-order valence-corrected chi connectivity index (χ0v) is 13.3. The first kappa shape index (κ1) is 16.3. The van der Waals surface area contributed by atoms with E-state index in [4.69, 9.17) is 0 Å². The van der Waals surface area contributed by atoms with Crippen LogP contribution in [0.25, 0.3) is 11.0 Å². The number of carbonyl (C=O) groups is 2. The van der Waals surface area contributed by atoms with Crippen molar-refractivity contribution in [3.05, 3.63) is 59.0 Å². The Morgan fingerprint density at radius 1 is 1.04 bits per heavy atom. The number of fused-ring (bicyclic) bond motifs is 1. The second-order valence-electron chi connectivity index (χ2n) is 5.39. The fourth-order valence-corrected chi connectivity index (χ4v) is 2.26. The summed E-state index contributed by atoms with van der Waals surface area (Å²) in [5, 5.41) is 10.4. The number of nitrogens with one attached hydrogen (secondary N) is 3. The van der Waals surface area contributed by atoms with E-state index in [1.54, 1.807) is 42.5 Å². The van der Waals surface area contributed by atoms with E-state index in [2.05, 4.69) is 25.5 Å². The molecule has 0 fully saturated rings. The summed E-state index contributed by atoms with van der Waals surface area (Å²) >= 11 is 0. The van der Waals surface area contributed by atoms with E-state index in [0.717, 1.165) is 0 Å². The highest BCUT2D eigenvalue weighted by Gasteiger charge is 2.23. The van der Waals surface area contributed by atoms with Gasteiger partial charge >= 0.3 is 5.69 Å². The van der Waals surface area contributed by atoms with Gasteiger partial charge in [-0.3, -0.25) is 9.59 Å². The minimum absolute atomic E-state index is 0.336. The van der Waals surface area contributed by atoms with E-state index < -0.39 is 17.7 Å². The standard InChI is InChI=1S/C17H15N5O3/c1-10(23)15(22-21-11-5-3-2-4-6-11)16(24)18-12-7-8-13-14(9-12)20-17(25)19-13/h2-9,15H,1H3,(H,18,24)(H2,19,20,25)/b22-21+. The molecule has 0 aliphatic heterocycles. The lowest BCUT2D eigenvalue weighted by atomic mass is 10.2. The number of hydrogen-bond donors (Lipinski definition) is 3. The molecule has 0 saturated carbocycles. The number of carbonyl (C=O) groups excluding carboxylic acids is 2. The first-order valence-electron chi connectivity index (χ1n) is 7.52. The smallest absolute Gasteiger partial charge is 0.323 e. The van der Waals surface area contributed by atoms with Crippen LogP contribution in [0.2, 0.25) is 0 Å². The molecule has 3 N–H and O–H groups in total. The summed E-state index contributed by atoms with van der Waals surface area (Å²) in [6, 6.07) is 12.4. The highest BCUT2D eigenvalue weighted by atomic mass is 16.2. The first-order valence-corrected chi connectivity index (χ1v) is 7.52. The number of ketones is 1. The lowest BCUT2D eigenvalue weighted by molar-refractivity contribution is -0.126. The van der Waals surface area contributed by atoms with Crippen LogP contribution < -0.4 is 11.0 Å². The Labute approximate surface area is 142 Å². The number of nitrogens with zero attached hydrogens (tertiary/aromatic N) is 2. The van der Waals surface area contributed by atoms with Crippen LogP contribution in [-0.4, -0.2) is 27.7 Å². The number of benzene rings is 2. The molecule has 8 heteroatoms. The molecule has 0 spiro atoms. The Morgan fingerprint density at radius 2 is 1.76 bits per heavy atom. The molecule has 1 heterocycles. The van der Waals surface area contributed by atoms with Crippen molar-refractivity contribution in [3.63, 3.8) is 0 Å². The van der Waals surface area contributed by atoms with Gasteiger partial charge in [0.2, 0.25) is 6.04 Å². The van der Waals surface area contributed by atoms with Crippen LogP contribution >= 0.6 is 0 Å². The van der Waals surface area contributed by atoms with Gasteiger partial charge in [-0.25, -0.2) is 4.79 Å². The van der Waals surface area contributed by atoms with Crippen LogP contribution in [0.5, 0.6) is 0 Å². The monoisotopic (exact) mass is 337 g/mol. The largest absolute Gasteiger partial charge is 0.324 e. The van der Waals surface area contributed by atoms with Crippen LogP contribution in [0.1, 0.15) is 6.92 Å². The van der Waals surface area contributed by atoms with Gasteiger partial charge in [0.05, 0.1) is 16.7 Å². The molecule has 8 nitrogen and oxygen atoms in total. The van der Waals surface area contributed by atoms with Gasteiger partial charge in [-0.15, -0.1) is 0 Å². The number of hydrogen-bond acceptors (Lipinski definition) is 5. The molecule has 1 aromatic heterocycles. The average molecular weight is 337 g/mol. The first-order chi connectivity index (χ1) is 12.0. The van der Waals surface area contributed by atoms with E-state index in [1.807, 2.05) is 6.07 Å². The SMILES string of the molecule is CC(=O)C(/N=N/c1ccccc1)C(=O)Nc1ccc2[nH]c(=O)[nH]c2c1. The van der Waals surface area contributed by atoms with Crippen molar-refractivity contribution in [1.29, 1.82) is 0 Å². The van der Waals surface area contributed by atoms with Crippen molar-refractivity contribution < 1.29 is 9.59 Å². The summed E-state index contributed by atoms with van der Waals surface area (Å²) in [7, 11) is 0. The molecule has 0 saturated heterocycles. The van der Waals surface area contributed by atoms with Crippen molar-refractivity contribution in [2.24, 2.45) is 10.2 Å². The maximum Gasteiger partial charge on any atom is 0.323 e. The molecule has 1 unspecified atom stereocenters. The molecule has 2 aromatic carbocycles. The predicted octanol–water partition coefficient (Wildman–Crippen LogP) is 2.54. The van der Waals surface area contributed by atoms with Crippen molar-refractivity contribution in [1.82, 2.24) is 9.97 Å². The summed E-state index contributed by atoms with van der Waals surface area (Å²) in [4.78, 5) is 40.6. The summed E-state index contributed by atoms with van der Waals surface area (Å²) in [6.45, 7) is 1.28. The Bertz CT molecular complexity index is 1000. The molecule has 0 bridgehead atoms. The Kier molecular flexibility index (Phi) is 4.51. The zero-order valence-electron chi connectivity index (χ0n) is 13.3. The second-order valence-corrected chi connectivity index (χ2v) is 5.39. The number of aromatic nitrogens is 2. The predicted molar refractivity (Wildman–Crippen MR) is 93.0 cm³/mol. The molecule has 1 atom stereocenters. The third-order valence-electron chi connectivity index (χ3n) is 3.46. The molecule has 0 aliphatic carbocycles. The number of H-pyrrole nitrogens is 2. The molecule has 0 aliphatic rings. The molecular formula is C17H15N5O3. The van der Waals surface area contributed by atoms with Gasteiger partial charge < -0.3 is 15.3 Å². The maximum absolute atomic E-state index is 12.4. The van der Waals surface area contributed by atoms with Gasteiger partial charge in [0.25, 0.3) is 5.91 Å². The molecule has 3 aromatic rings. The van der Waals surface area contributed by atoms with Gasteiger partial charge in [0.15, 0.2) is 5.78 Å². The van der Waals surface area contributed by atoms with Gasteiger partial charge in [0, 0.05) is 5.69 Å². The second kappa shape index (κ2) is 6.91. The third kappa shape index (κ3) is 3.86. The van der Waals surface area contributed by atoms with E-state index in [0.29, 0.717) is 22.4 Å². The van der Waals surface area contributed by atoms with E-state index in [1.165, 1.54) is 6.92 Å². The van der Waals surface area contributed by atoms with E-state index in [9.17, 15) is 14.4 Å². The lowest BCUT2D eigenvalue weighted by Gasteiger charge is -2.09. The zero-order chi connectivity index (χ0) is 17.8. The van der Waals surface area contributed by atoms with Crippen LogP contribution in [0.15, 0.2) is 63.6 Å². The quantitative estimate of drug-likeness (QED) is 0.490. The summed E-state index contributed by atoms with van der Waals surface area (Å²) in [5.41, 5.74) is 1.82. The van der Waals surface area contributed by atoms with Crippen LogP contribution in [0.3, 0.4) is 0 Å². The number of Topliss-reactive ketones (excluding diaryl/α,β-unsaturated/α-hetero) is 1. The summed E-state index contributed by atoms with van der Waals surface area (Å²) in [5.74, 6) is -1.02. The molecule has 1 amide bonds. The molecule has 25 heavy (non-hydrogen) atoms. The molecule has 3 rings (SSSR count). The number of aromatic amines is 2. The highest BCUT2D eigenvalue weighted by molar-refractivity contribution is 6.10. The number of azo groups is 1. The average Bonchev–Trinajstić information content (AvgIpc) is 2.95. The van der Waals surface area contributed by atoms with Crippen molar-refractivity contribution in [3.8, 4) is 0 Å². The summed E-state index contributed by atoms with van der Waals surface area (Å²) < 4.78 is 0. The van der Waals surface area contributed by atoms with E-state index in [-0.39, 0.29) is 5.69 Å². The van der Waals surface area contributed by atoms with Crippen molar-refractivity contribution in [2.75, 3.05) is 5.32 Å². The van der Waals surface area contributed by atoms with Crippen LogP contribution in [0, 0.1) is 0 Å². The fourth-order valence-electron chi connectivity index (χ4n) is 2.26. The Morgan fingerprint density at radius 3 is 2.48 bits per heavy atom. The van der Waals surface area contributed by atoms with Crippen molar-refractivity contribution in [2.45, 2.75) is 13.0 Å². The molecular weight excluding hydrogens is 322 g/mol. The Balaban J connectivity index is 1.78. The van der Waals surface area contributed by atoms with Gasteiger partial charge in [-0.2, -0.15) is 10.2 Å². The third-order valence-corrected chi connectivity index (χ3v) is 3.46. The number of rotatable bonds is 5. The maximum atomic E-state index is 12.4. The Hall–Kier alpha value is -3.55. The number of amides is 1. The van der Waals surface area contributed by atoms with Gasteiger partial charge in [0.1, 0.15) is 0 Å².